The summed E-state index contributed by atoms with van der Waals surface area (Å²) in [5.41, 5.74) is 1.50. The van der Waals surface area contributed by atoms with E-state index in [4.69, 9.17) is 11.6 Å². The molecule has 1 aromatic heterocycles. The molecule has 2 aromatic rings. The topological polar surface area (TPSA) is 62.3 Å². The lowest BCUT2D eigenvalue weighted by atomic mass is 10.2. The lowest BCUT2D eigenvalue weighted by molar-refractivity contribution is -0.130. The molecule has 0 atom stereocenters. The molecule has 0 saturated carbocycles. The molecule has 2 heterocycles. The van der Waals surface area contributed by atoms with Gasteiger partial charge >= 0.3 is 0 Å². The van der Waals surface area contributed by atoms with Crippen molar-refractivity contribution in [2.24, 2.45) is 0 Å². The number of hydrogen-bond donors (Lipinski definition) is 1. The van der Waals surface area contributed by atoms with Crippen LogP contribution in [0.5, 0.6) is 0 Å². The molecule has 1 aliphatic heterocycles. The van der Waals surface area contributed by atoms with Crippen LogP contribution < -0.4 is 5.32 Å². The van der Waals surface area contributed by atoms with Crippen molar-refractivity contribution in [1.82, 2.24) is 9.88 Å². The number of thiazole rings is 1. The molecule has 27 heavy (non-hydrogen) atoms. The molecule has 1 fully saturated rings. The van der Waals surface area contributed by atoms with Crippen LogP contribution in [0.15, 0.2) is 34.0 Å². The standard InChI is InChI=1S/C19H22ClN3O2S2/c20-14-5-7-15(8-6-14)21-17(24)13-27-19-22-16(12-26-19)11-18(25)23-9-3-1-2-4-10-23/h5-8,12H,1-4,9-11,13H2,(H,21,24). The molecule has 0 unspecified atom stereocenters. The zero-order chi connectivity index (χ0) is 19.1. The average molecular weight is 424 g/mol. The number of halogens is 1. The van der Waals surface area contributed by atoms with Gasteiger partial charge in [-0.2, -0.15) is 0 Å². The van der Waals surface area contributed by atoms with Gasteiger partial charge in [-0.15, -0.1) is 11.3 Å². The van der Waals surface area contributed by atoms with Crippen molar-refractivity contribution in [2.45, 2.75) is 36.4 Å². The highest BCUT2D eigenvalue weighted by molar-refractivity contribution is 8.01. The van der Waals surface area contributed by atoms with Crippen LogP contribution in [-0.4, -0.2) is 40.5 Å². The first-order chi connectivity index (χ1) is 13.1. The highest BCUT2D eigenvalue weighted by atomic mass is 35.5. The van der Waals surface area contributed by atoms with Gasteiger partial charge in [0.2, 0.25) is 11.8 Å². The minimum atomic E-state index is -0.0975. The maximum absolute atomic E-state index is 12.4. The minimum absolute atomic E-state index is 0.0975. The van der Waals surface area contributed by atoms with Crippen molar-refractivity contribution in [3.63, 3.8) is 0 Å². The van der Waals surface area contributed by atoms with Crippen LogP contribution in [0.4, 0.5) is 5.69 Å². The molecule has 1 aromatic carbocycles. The Balaban J connectivity index is 1.45. The van der Waals surface area contributed by atoms with Gasteiger partial charge in [0.05, 0.1) is 17.9 Å². The number of carbonyl (C=O) groups excluding carboxylic acids is 2. The summed E-state index contributed by atoms with van der Waals surface area (Å²) >= 11 is 8.69. The van der Waals surface area contributed by atoms with E-state index < -0.39 is 0 Å². The number of carbonyl (C=O) groups is 2. The van der Waals surface area contributed by atoms with E-state index in [1.807, 2.05) is 10.3 Å². The average Bonchev–Trinajstić information content (AvgIpc) is 2.92. The van der Waals surface area contributed by atoms with Crippen molar-refractivity contribution in [1.29, 1.82) is 0 Å². The molecular weight excluding hydrogens is 402 g/mol. The normalized spacial score (nSPS) is 14.6. The number of amides is 2. The predicted octanol–water partition coefficient (Wildman–Crippen LogP) is 4.47. The van der Waals surface area contributed by atoms with Crippen LogP contribution in [0.1, 0.15) is 31.4 Å². The van der Waals surface area contributed by atoms with Gasteiger partial charge in [0.1, 0.15) is 0 Å². The fraction of sp³-hybridized carbons (Fsp3) is 0.421. The maximum atomic E-state index is 12.4. The second-order valence-corrected chi connectivity index (χ2v) is 8.94. The van der Waals surface area contributed by atoms with Gasteiger partial charge < -0.3 is 10.2 Å². The van der Waals surface area contributed by atoms with Crippen LogP contribution in [-0.2, 0) is 16.0 Å². The third-order valence-electron chi connectivity index (χ3n) is 4.28. The zero-order valence-corrected chi connectivity index (χ0v) is 17.3. The summed E-state index contributed by atoms with van der Waals surface area (Å²) in [5.74, 6) is 0.328. The Labute approximate surface area is 172 Å². The van der Waals surface area contributed by atoms with E-state index >= 15 is 0 Å². The van der Waals surface area contributed by atoms with Gasteiger partial charge in [-0.25, -0.2) is 4.98 Å². The molecule has 0 spiro atoms. The quantitative estimate of drug-likeness (QED) is 0.696. The minimum Gasteiger partial charge on any atom is -0.342 e. The number of rotatable bonds is 6. The summed E-state index contributed by atoms with van der Waals surface area (Å²) in [6.45, 7) is 1.71. The molecule has 0 aliphatic carbocycles. The Hall–Kier alpha value is -1.57. The SMILES string of the molecule is O=C(CSc1nc(CC(=O)N2CCCCCC2)cs1)Nc1ccc(Cl)cc1. The Morgan fingerprint density at radius 2 is 1.85 bits per heavy atom. The van der Waals surface area contributed by atoms with Gasteiger partial charge in [0, 0.05) is 29.2 Å². The Kier molecular flexibility index (Phi) is 7.55. The molecule has 1 aliphatic rings. The van der Waals surface area contributed by atoms with E-state index in [1.54, 1.807) is 24.3 Å². The monoisotopic (exact) mass is 423 g/mol. The summed E-state index contributed by atoms with van der Waals surface area (Å²) in [5, 5.41) is 5.37. The third-order valence-corrected chi connectivity index (χ3v) is 6.60. The summed E-state index contributed by atoms with van der Waals surface area (Å²) in [7, 11) is 0. The molecule has 5 nitrogen and oxygen atoms in total. The molecule has 0 radical (unpaired) electrons. The number of thioether (sulfide) groups is 1. The zero-order valence-electron chi connectivity index (χ0n) is 14.9. The number of nitrogens with one attached hydrogen (secondary N) is 1. The van der Waals surface area contributed by atoms with Crippen LogP contribution >= 0.6 is 34.7 Å². The molecule has 2 amide bonds. The third kappa shape index (κ3) is 6.52. The number of aromatic nitrogens is 1. The smallest absolute Gasteiger partial charge is 0.234 e. The second kappa shape index (κ2) is 10.1. The Bertz CT molecular complexity index is 772. The maximum Gasteiger partial charge on any atom is 0.234 e. The van der Waals surface area contributed by atoms with E-state index in [0.29, 0.717) is 17.1 Å². The second-order valence-electron chi connectivity index (χ2n) is 6.42. The van der Waals surface area contributed by atoms with E-state index in [2.05, 4.69) is 10.3 Å². The van der Waals surface area contributed by atoms with Crippen LogP contribution in [0.2, 0.25) is 5.02 Å². The lowest BCUT2D eigenvalue weighted by Gasteiger charge is -2.19. The van der Waals surface area contributed by atoms with Crippen molar-refractivity contribution in [3.05, 3.63) is 40.4 Å². The Morgan fingerprint density at radius 1 is 1.15 bits per heavy atom. The summed E-state index contributed by atoms with van der Waals surface area (Å²) < 4.78 is 0.805. The molecule has 1 saturated heterocycles. The first kappa shape index (κ1) is 20.2. The predicted molar refractivity (Wildman–Crippen MR) is 112 cm³/mol. The number of benzene rings is 1. The highest BCUT2D eigenvalue weighted by Crippen LogP contribution is 2.24. The largest absolute Gasteiger partial charge is 0.342 e. The van der Waals surface area contributed by atoms with E-state index in [0.717, 1.165) is 36.0 Å². The van der Waals surface area contributed by atoms with E-state index in [9.17, 15) is 9.59 Å². The number of anilines is 1. The molecule has 0 bridgehead atoms. The highest BCUT2D eigenvalue weighted by Gasteiger charge is 2.17. The van der Waals surface area contributed by atoms with Gasteiger partial charge in [0.25, 0.3) is 0 Å². The van der Waals surface area contributed by atoms with Gasteiger partial charge in [0.15, 0.2) is 4.34 Å². The van der Waals surface area contributed by atoms with Gasteiger partial charge in [-0.3, -0.25) is 9.59 Å². The number of hydrogen-bond acceptors (Lipinski definition) is 5. The molecule has 3 rings (SSSR count). The molecule has 8 heteroatoms. The Morgan fingerprint density at radius 3 is 2.56 bits per heavy atom. The fourth-order valence-electron chi connectivity index (χ4n) is 2.88. The molecular formula is C19H22ClN3O2S2. The molecule has 144 valence electrons. The van der Waals surface area contributed by atoms with Crippen molar-refractivity contribution in [3.8, 4) is 0 Å². The van der Waals surface area contributed by atoms with Gasteiger partial charge in [-0.1, -0.05) is 36.2 Å². The van der Waals surface area contributed by atoms with Crippen LogP contribution in [0.25, 0.3) is 0 Å². The van der Waals surface area contributed by atoms with E-state index in [-0.39, 0.29) is 17.6 Å². The summed E-state index contributed by atoms with van der Waals surface area (Å²) in [6, 6.07) is 7.00. The fourth-order valence-corrected chi connectivity index (χ4v) is 4.65. The van der Waals surface area contributed by atoms with Crippen molar-refractivity contribution < 1.29 is 9.59 Å². The van der Waals surface area contributed by atoms with Crippen molar-refractivity contribution >= 4 is 52.2 Å². The van der Waals surface area contributed by atoms with Crippen LogP contribution in [0.3, 0.4) is 0 Å². The first-order valence-corrected chi connectivity index (χ1v) is 11.2. The van der Waals surface area contributed by atoms with Crippen LogP contribution in [0, 0.1) is 0 Å². The number of nitrogens with zero attached hydrogens (tertiary/aromatic N) is 2. The lowest BCUT2D eigenvalue weighted by Crippen LogP contribution is -2.33. The van der Waals surface area contributed by atoms with E-state index in [1.165, 1.54) is 35.9 Å². The summed E-state index contributed by atoms with van der Waals surface area (Å²) in [6.07, 6.45) is 4.94. The molecule has 1 N–H and O–H groups in total. The summed E-state index contributed by atoms with van der Waals surface area (Å²) in [4.78, 5) is 30.9. The number of likely N-dealkylation sites (tertiary alicyclic amines) is 1. The first-order valence-electron chi connectivity index (χ1n) is 9.00. The van der Waals surface area contributed by atoms with Crippen molar-refractivity contribution in [2.75, 3.05) is 24.2 Å². The van der Waals surface area contributed by atoms with Gasteiger partial charge in [-0.05, 0) is 37.1 Å².